The smallest absolute Gasteiger partial charge is 0.414 e. The topological polar surface area (TPSA) is 94.7 Å². The third-order valence-corrected chi connectivity index (χ3v) is 5.10. The summed E-state index contributed by atoms with van der Waals surface area (Å²) in [6.45, 7) is 4.48. The molecular weight excluding hydrogens is 403 g/mol. The number of carbonyl (C=O) groups excluding carboxylic acids is 1. The van der Waals surface area contributed by atoms with Gasteiger partial charge in [0.15, 0.2) is 0 Å². The highest BCUT2D eigenvalue weighted by Crippen LogP contribution is 2.29. The second-order valence-electron chi connectivity index (χ2n) is 7.31. The summed E-state index contributed by atoms with van der Waals surface area (Å²) >= 11 is 0. The molecule has 1 amide bonds. The van der Waals surface area contributed by atoms with Crippen molar-refractivity contribution in [2.75, 3.05) is 11.4 Å². The van der Waals surface area contributed by atoms with Gasteiger partial charge in [-0.25, -0.2) is 13.9 Å². The number of hydrogen-bond acceptors (Lipinski definition) is 7. The van der Waals surface area contributed by atoms with E-state index in [1.54, 1.807) is 47.5 Å². The molecule has 0 unspecified atom stereocenters. The van der Waals surface area contributed by atoms with Crippen LogP contribution < -0.4 is 4.90 Å². The number of cyclic esters (lactones) is 1. The van der Waals surface area contributed by atoms with Crippen LogP contribution in [0.15, 0.2) is 54.1 Å². The summed E-state index contributed by atoms with van der Waals surface area (Å²) in [6.07, 6.45) is 4.28. The normalized spacial score (nSPS) is 20.5. The molecule has 1 radical (unpaired) electrons. The third-order valence-electron chi connectivity index (χ3n) is 5.10. The summed E-state index contributed by atoms with van der Waals surface area (Å²) in [5.74, 6) is -0.459. The maximum atomic E-state index is 14.9. The first-order chi connectivity index (χ1) is 15.1. The molecule has 10 heteroatoms. The van der Waals surface area contributed by atoms with E-state index < -0.39 is 18.0 Å². The Morgan fingerprint density at radius 2 is 2.16 bits per heavy atom. The van der Waals surface area contributed by atoms with Gasteiger partial charge < -0.3 is 9.57 Å². The number of hydrogen-bond donors (Lipinski definition) is 0. The van der Waals surface area contributed by atoms with Crippen molar-refractivity contribution < 1.29 is 18.8 Å². The van der Waals surface area contributed by atoms with E-state index in [1.165, 1.54) is 11.0 Å². The van der Waals surface area contributed by atoms with Crippen LogP contribution in [0.4, 0.5) is 14.9 Å². The molecule has 0 spiro atoms. The second-order valence-corrected chi connectivity index (χ2v) is 7.31. The number of nitrogens with zero attached hydrogens (tertiary/aromatic N) is 6. The molecule has 1 saturated heterocycles. The molecule has 2 aliphatic heterocycles. The van der Waals surface area contributed by atoms with Gasteiger partial charge in [-0.3, -0.25) is 9.88 Å². The molecule has 0 aliphatic carbocycles. The minimum Gasteiger partial charge on any atom is -0.442 e. The van der Waals surface area contributed by atoms with Crippen molar-refractivity contribution in [2.45, 2.75) is 25.2 Å². The Hall–Kier alpha value is -3.82. The van der Waals surface area contributed by atoms with Crippen molar-refractivity contribution in [3.8, 4) is 11.1 Å². The predicted octanol–water partition coefficient (Wildman–Crippen LogP) is 2.83. The van der Waals surface area contributed by atoms with E-state index in [-0.39, 0.29) is 6.10 Å². The van der Waals surface area contributed by atoms with Gasteiger partial charge in [0, 0.05) is 29.9 Å². The average molecular weight is 421 g/mol. The first-order valence-corrected chi connectivity index (χ1v) is 9.71. The van der Waals surface area contributed by atoms with E-state index in [0.717, 1.165) is 5.71 Å². The number of ether oxygens (including phenoxy) is 1. The van der Waals surface area contributed by atoms with Crippen LogP contribution in [0.25, 0.3) is 11.1 Å². The lowest BCUT2D eigenvalue weighted by atomic mass is 10.0. The Bertz CT molecular complexity index is 1130. The number of aromatic nitrogens is 4. The molecule has 31 heavy (non-hydrogen) atoms. The molecule has 2 aromatic heterocycles. The largest absolute Gasteiger partial charge is 0.442 e. The summed E-state index contributed by atoms with van der Waals surface area (Å²) in [5, 5.41) is 11.6. The number of amides is 1. The summed E-state index contributed by atoms with van der Waals surface area (Å²) in [4.78, 5) is 23.1. The van der Waals surface area contributed by atoms with E-state index in [2.05, 4.69) is 27.4 Å². The lowest BCUT2D eigenvalue weighted by molar-refractivity contribution is 0.118. The zero-order valence-corrected chi connectivity index (χ0v) is 16.4. The van der Waals surface area contributed by atoms with Crippen molar-refractivity contribution in [3.63, 3.8) is 0 Å². The van der Waals surface area contributed by atoms with Crippen LogP contribution in [0.3, 0.4) is 0 Å². The minimum absolute atomic E-state index is 0.213. The first kappa shape index (κ1) is 19.2. The number of benzene rings is 1. The number of carbonyl (C=O) groups is 1. The fraction of sp³-hybridized carbons (Fsp3) is 0.238. The van der Waals surface area contributed by atoms with E-state index in [4.69, 9.17) is 9.57 Å². The van der Waals surface area contributed by atoms with Gasteiger partial charge in [-0.15, -0.1) is 5.10 Å². The first-order valence-electron chi connectivity index (χ1n) is 9.71. The Morgan fingerprint density at radius 1 is 1.26 bits per heavy atom. The van der Waals surface area contributed by atoms with Crippen LogP contribution in [0.1, 0.15) is 12.1 Å². The molecule has 3 aromatic rings. The van der Waals surface area contributed by atoms with Crippen molar-refractivity contribution in [3.05, 3.63) is 67.4 Å². The Morgan fingerprint density at radius 3 is 2.84 bits per heavy atom. The molecular formula is C21H18FN6O3. The Kier molecular flexibility index (Phi) is 4.81. The van der Waals surface area contributed by atoms with Crippen LogP contribution in [0.2, 0.25) is 0 Å². The van der Waals surface area contributed by atoms with Gasteiger partial charge in [0.2, 0.25) is 0 Å². The predicted molar refractivity (Wildman–Crippen MR) is 109 cm³/mol. The molecule has 2 aliphatic rings. The van der Waals surface area contributed by atoms with Crippen molar-refractivity contribution in [1.82, 2.24) is 20.0 Å². The fourth-order valence-electron chi connectivity index (χ4n) is 3.58. The standard InChI is InChI=1S/C21H18FN6O3/c1-13-8-20(25-31-13)19-5-2-14(10-23-19)17-4-3-15(9-18(17)22)28-12-16(30-21(28)29)11-27-7-6-24-26-27/h2-7,9-10,13,16H,1,8,11-12H2/t13-,16-/m0/s1. The molecule has 0 saturated carbocycles. The minimum atomic E-state index is -0.522. The van der Waals surface area contributed by atoms with E-state index in [0.29, 0.717) is 42.0 Å². The molecule has 0 bridgehead atoms. The number of pyridine rings is 1. The van der Waals surface area contributed by atoms with Gasteiger partial charge in [0.05, 0.1) is 30.7 Å². The zero-order chi connectivity index (χ0) is 21.4. The Balaban J connectivity index is 1.31. The van der Waals surface area contributed by atoms with Crippen LogP contribution in [-0.4, -0.2) is 50.5 Å². The summed E-state index contributed by atoms with van der Waals surface area (Å²) in [7, 11) is 0. The molecule has 4 heterocycles. The average Bonchev–Trinajstić information content (AvgIpc) is 3.51. The second kappa shape index (κ2) is 7.78. The summed E-state index contributed by atoms with van der Waals surface area (Å²) in [6, 6.07) is 8.19. The van der Waals surface area contributed by atoms with Gasteiger partial charge >= 0.3 is 6.09 Å². The van der Waals surface area contributed by atoms with Crippen LogP contribution in [0, 0.1) is 12.7 Å². The molecule has 0 N–H and O–H groups in total. The number of anilines is 1. The summed E-state index contributed by atoms with van der Waals surface area (Å²) in [5.41, 5.74) is 2.82. The molecule has 1 aromatic carbocycles. The highest BCUT2D eigenvalue weighted by atomic mass is 19.1. The van der Waals surface area contributed by atoms with E-state index in [9.17, 15) is 9.18 Å². The van der Waals surface area contributed by atoms with Gasteiger partial charge in [0.25, 0.3) is 0 Å². The molecule has 1 fully saturated rings. The van der Waals surface area contributed by atoms with Crippen molar-refractivity contribution in [1.29, 1.82) is 0 Å². The highest BCUT2D eigenvalue weighted by molar-refractivity contribution is 5.99. The maximum absolute atomic E-state index is 14.9. The molecule has 9 nitrogen and oxygen atoms in total. The lowest BCUT2D eigenvalue weighted by Crippen LogP contribution is -2.26. The monoisotopic (exact) mass is 421 g/mol. The van der Waals surface area contributed by atoms with Gasteiger partial charge in [0.1, 0.15) is 23.7 Å². The van der Waals surface area contributed by atoms with Crippen LogP contribution in [-0.2, 0) is 16.1 Å². The van der Waals surface area contributed by atoms with Crippen molar-refractivity contribution in [2.24, 2.45) is 5.16 Å². The zero-order valence-electron chi connectivity index (χ0n) is 16.4. The summed E-state index contributed by atoms with van der Waals surface area (Å²) < 4.78 is 21.8. The SMILES string of the molecule is [CH2][C@H]1CC(c2ccc(-c3ccc(N4C[C@H](Cn5ccnn5)OC4=O)cc3F)cn2)=NO1. The van der Waals surface area contributed by atoms with Crippen molar-refractivity contribution >= 4 is 17.5 Å². The molecule has 2 atom stereocenters. The quantitative estimate of drug-likeness (QED) is 0.629. The van der Waals surface area contributed by atoms with Gasteiger partial charge in [-0.05, 0) is 31.2 Å². The van der Waals surface area contributed by atoms with E-state index in [1.807, 2.05) is 0 Å². The fourth-order valence-corrected chi connectivity index (χ4v) is 3.58. The number of rotatable bonds is 5. The van der Waals surface area contributed by atoms with Crippen LogP contribution in [0.5, 0.6) is 0 Å². The highest BCUT2D eigenvalue weighted by Gasteiger charge is 2.33. The molecule has 157 valence electrons. The third kappa shape index (κ3) is 3.83. The Labute approximate surface area is 177 Å². The van der Waals surface area contributed by atoms with Crippen LogP contribution >= 0.6 is 0 Å². The van der Waals surface area contributed by atoms with Gasteiger partial charge in [-0.2, -0.15) is 0 Å². The van der Waals surface area contributed by atoms with E-state index >= 15 is 0 Å². The lowest BCUT2D eigenvalue weighted by Gasteiger charge is -2.14. The number of oxime groups is 1. The maximum Gasteiger partial charge on any atom is 0.414 e. The molecule has 5 rings (SSSR count). The number of halogens is 1. The van der Waals surface area contributed by atoms with Gasteiger partial charge in [-0.1, -0.05) is 16.4 Å².